The highest BCUT2D eigenvalue weighted by molar-refractivity contribution is 5.73. The number of anilines is 1. The molecule has 4 nitrogen and oxygen atoms in total. The molecule has 116 valence electrons. The monoisotopic (exact) mass is 309 g/mol. The van der Waals surface area contributed by atoms with Gasteiger partial charge in [-0.25, -0.2) is 9.07 Å². The number of rotatable bonds is 3. The second-order valence-corrected chi connectivity index (χ2v) is 5.44. The number of aromatic nitrogens is 2. The molecule has 2 heterocycles. The fraction of sp³-hybridized carbons (Fsp3) is 0.167. The topological polar surface area (TPSA) is 39.1 Å². The molecule has 3 aromatic rings. The van der Waals surface area contributed by atoms with Crippen molar-refractivity contribution in [2.45, 2.75) is 6.42 Å². The molecule has 4 rings (SSSR count). The number of hydrogen-bond donors (Lipinski definition) is 1. The van der Waals surface area contributed by atoms with Crippen molar-refractivity contribution >= 4 is 5.82 Å². The van der Waals surface area contributed by atoms with Crippen molar-refractivity contribution in [3.63, 3.8) is 0 Å². The van der Waals surface area contributed by atoms with Crippen molar-refractivity contribution < 1.29 is 9.13 Å². The summed E-state index contributed by atoms with van der Waals surface area (Å²) in [5, 5.41) is 8.01. The van der Waals surface area contributed by atoms with Crippen molar-refractivity contribution in [2.24, 2.45) is 0 Å². The van der Waals surface area contributed by atoms with Crippen LogP contribution in [0.5, 0.6) is 5.75 Å². The molecule has 0 spiro atoms. The molecule has 0 aliphatic carbocycles. The molecule has 0 radical (unpaired) electrons. The molecule has 1 aromatic heterocycles. The van der Waals surface area contributed by atoms with Crippen LogP contribution >= 0.6 is 0 Å². The number of fused-ring (bicyclic) bond motifs is 1. The van der Waals surface area contributed by atoms with Crippen LogP contribution in [0.2, 0.25) is 0 Å². The minimum atomic E-state index is -0.249. The summed E-state index contributed by atoms with van der Waals surface area (Å²) in [6, 6.07) is 14.4. The molecular weight excluding hydrogens is 293 g/mol. The Hall–Kier alpha value is -2.82. The smallest absolute Gasteiger partial charge is 0.133 e. The van der Waals surface area contributed by atoms with E-state index in [1.807, 2.05) is 35.0 Å². The molecular formula is C18H16FN3O. The largest absolute Gasteiger partial charge is 0.497 e. The zero-order valence-electron chi connectivity index (χ0n) is 12.7. The SMILES string of the molecule is COc1ccc(-n2nc(-c3ccccc3F)c3c2NCC3)cc1. The average Bonchev–Trinajstić information content (AvgIpc) is 3.18. The number of methoxy groups -OCH3 is 1. The lowest BCUT2D eigenvalue weighted by molar-refractivity contribution is 0.414. The Bertz CT molecular complexity index is 855. The Labute approximate surface area is 133 Å². The van der Waals surface area contributed by atoms with Gasteiger partial charge >= 0.3 is 0 Å². The lowest BCUT2D eigenvalue weighted by atomic mass is 10.1. The Kier molecular flexibility index (Phi) is 3.26. The molecule has 0 bridgehead atoms. The van der Waals surface area contributed by atoms with Crippen LogP contribution < -0.4 is 10.1 Å². The van der Waals surface area contributed by atoms with Crippen molar-refractivity contribution in [2.75, 3.05) is 19.0 Å². The number of hydrogen-bond acceptors (Lipinski definition) is 3. The lowest BCUT2D eigenvalue weighted by Gasteiger charge is -2.07. The molecule has 0 amide bonds. The van der Waals surface area contributed by atoms with Crippen LogP contribution in [0.25, 0.3) is 16.9 Å². The summed E-state index contributed by atoms with van der Waals surface area (Å²) in [5.74, 6) is 1.48. The van der Waals surface area contributed by atoms with E-state index in [4.69, 9.17) is 4.74 Å². The molecule has 1 N–H and O–H groups in total. The number of nitrogens with zero attached hydrogens (tertiary/aromatic N) is 2. The van der Waals surface area contributed by atoms with Gasteiger partial charge in [-0.3, -0.25) is 0 Å². The van der Waals surface area contributed by atoms with Gasteiger partial charge in [0.15, 0.2) is 0 Å². The third-order valence-corrected chi connectivity index (χ3v) is 4.10. The summed E-state index contributed by atoms with van der Waals surface area (Å²) in [6.07, 6.45) is 0.842. The predicted molar refractivity (Wildman–Crippen MR) is 87.7 cm³/mol. The van der Waals surface area contributed by atoms with Crippen LogP contribution in [0.3, 0.4) is 0 Å². The first-order chi connectivity index (χ1) is 11.3. The van der Waals surface area contributed by atoms with Crippen LogP contribution in [-0.2, 0) is 6.42 Å². The van der Waals surface area contributed by atoms with Crippen LogP contribution in [0.1, 0.15) is 5.56 Å². The van der Waals surface area contributed by atoms with Crippen molar-refractivity contribution in [3.8, 4) is 22.7 Å². The third-order valence-electron chi connectivity index (χ3n) is 4.10. The summed E-state index contributed by atoms with van der Waals surface area (Å²) in [5.41, 5.74) is 3.23. The quantitative estimate of drug-likeness (QED) is 0.802. The van der Waals surface area contributed by atoms with Crippen LogP contribution in [0, 0.1) is 5.82 Å². The van der Waals surface area contributed by atoms with E-state index in [0.717, 1.165) is 35.8 Å². The maximum Gasteiger partial charge on any atom is 0.133 e. The molecule has 0 unspecified atom stereocenters. The maximum atomic E-state index is 14.2. The lowest BCUT2D eigenvalue weighted by Crippen LogP contribution is -2.04. The van der Waals surface area contributed by atoms with E-state index in [1.165, 1.54) is 6.07 Å². The molecule has 1 aliphatic heterocycles. The summed E-state index contributed by atoms with van der Waals surface area (Å²) in [6.45, 7) is 0.838. The number of ether oxygens (including phenoxy) is 1. The molecule has 5 heteroatoms. The van der Waals surface area contributed by atoms with Crippen molar-refractivity contribution in [1.29, 1.82) is 0 Å². The number of halogens is 1. The minimum absolute atomic E-state index is 0.249. The van der Waals surface area contributed by atoms with Gasteiger partial charge in [-0.2, -0.15) is 5.10 Å². The highest BCUT2D eigenvalue weighted by Crippen LogP contribution is 2.35. The van der Waals surface area contributed by atoms with Crippen LogP contribution in [0.15, 0.2) is 48.5 Å². The summed E-state index contributed by atoms with van der Waals surface area (Å²) in [7, 11) is 1.64. The minimum Gasteiger partial charge on any atom is -0.497 e. The fourth-order valence-electron chi connectivity index (χ4n) is 2.95. The van der Waals surface area contributed by atoms with Gasteiger partial charge < -0.3 is 10.1 Å². The van der Waals surface area contributed by atoms with E-state index in [1.54, 1.807) is 19.2 Å². The van der Waals surface area contributed by atoms with Gasteiger partial charge in [0.1, 0.15) is 23.1 Å². The first-order valence-electron chi connectivity index (χ1n) is 7.53. The van der Waals surface area contributed by atoms with Crippen LogP contribution in [0.4, 0.5) is 10.2 Å². The Morgan fingerprint density at radius 1 is 1.13 bits per heavy atom. The van der Waals surface area contributed by atoms with Crippen LogP contribution in [-0.4, -0.2) is 23.4 Å². The van der Waals surface area contributed by atoms with Gasteiger partial charge in [-0.05, 0) is 42.8 Å². The molecule has 0 saturated carbocycles. The number of nitrogens with one attached hydrogen (secondary N) is 1. The summed E-state index contributed by atoms with van der Waals surface area (Å²) >= 11 is 0. The van der Waals surface area contributed by atoms with E-state index >= 15 is 0 Å². The highest BCUT2D eigenvalue weighted by atomic mass is 19.1. The predicted octanol–water partition coefficient (Wildman–Crippen LogP) is 3.66. The molecule has 0 atom stereocenters. The van der Waals surface area contributed by atoms with Crippen molar-refractivity contribution in [1.82, 2.24) is 9.78 Å². The van der Waals surface area contributed by atoms with Gasteiger partial charge in [-0.1, -0.05) is 12.1 Å². The fourth-order valence-corrected chi connectivity index (χ4v) is 2.95. The van der Waals surface area contributed by atoms with Gasteiger partial charge in [0.25, 0.3) is 0 Å². The molecule has 23 heavy (non-hydrogen) atoms. The van der Waals surface area contributed by atoms with E-state index in [-0.39, 0.29) is 5.82 Å². The molecule has 0 fully saturated rings. The first-order valence-corrected chi connectivity index (χ1v) is 7.53. The molecule has 2 aromatic carbocycles. The van der Waals surface area contributed by atoms with E-state index < -0.39 is 0 Å². The standard InChI is InChI=1S/C18H16FN3O/c1-23-13-8-6-12(7-9-13)22-18-15(10-11-20-18)17(21-22)14-4-2-3-5-16(14)19/h2-9,20H,10-11H2,1H3. The molecule has 0 saturated heterocycles. The van der Waals surface area contributed by atoms with E-state index in [2.05, 4.69) is 10.4 Å². The maximum absolute atomic E-state index is 14.2. The van der Waals surface area contributed by atoms with Gasteiger partial charge in [0.2, 0.25) is 0 Å². The highest BCUT2D eigenvalue weighted by Gasteiger charge is 2.25. The number of benzene rings is 2. The van der Waals surface area contributed by atoms with Gasteiger partial charge in [-0.15, -0.1) is 0 Å². The first kappa shape index (κ1) is 13.8. The summed E-state index contributed by atoms with van der Waals surface area (Å²) in [4.78, 5) is 0. The average molecular weight is 309 g/mol. The van der Waals surface area contributed by atoms with E-state index in [0.29, 0.717) is 11.3 Å². The second kappa shape index (κ2) is 5.43. The van der Waals surface area contributed by atoms with E-state index in [9.17, 15) is 4.39 Å². The Balaban J connectivity index is 1.86. The summed E-state index contributed by atoms with van der Waals surface area (Å²) < 4.78 is 21.2. The van der Waals surface area contributed by atoms with Gasteiger partial charge in [0, 0.05) is 17.7 Å². The Morgan fingerprint density at radius 3 is 2.65 bits per heavy atom. The normalized spacial score (nSPS) is 12.8. The molecule has 1 aliphatic rings. The third kappa shape index (κ3) is 2.25. The Morgan fingerprint density at radius 2 is 1.91 bits per heavy atom. The zero-order valence-corrected chi connectivity index (χ0v) is 12.7. The van der Waals surface area contributed by atoms with Gasteiger partial charge in [0.05, 0.1) is 12.8 Å². The van der Waals surface area contributed by atoms with Crippen molar-refractivity contribution in [3.05, 3.63) is 59.9 Å². The zero-order chi connectivity index (χ0) is 15.8. The second-order valence-electron chi connectivity index (χ2n) is 5.44.